The van der Waals surface area contributed by atoms with Gasteiger partial charge in [0.2, 0.25) is 0 Å². The fourth-order valence-corrected chi connectivity index (χ4v) is 0. The van der Waals surface area contributed by atoms with Crippen molar-refractivity contribution in [2.75, 3.05) is 0 Å². The van der Waals surface area contributed by atoms with E-state index in [0.29, 0.717) is 0 Å². The second-order valence-electron chi connectivity index (χ2n) is 1.05. The first kappa shape index (κ1) is 24.3. The van der Waals surface area contributed by atoms with Gasteiger partial charge in [-0.2, -0.15) is 0 Å². The van der Waals surface area contributed by atoms with Crippen LogP contribution in [0.4, 0.5) is 0 Å². The van der Waals surface area contributed by atoms with Gasteiger partial charge in [0.15, 0.2) is 0 Å². The maximum atomic E-state index is 9.53. The fraction of sp³-hybridized carbons (Fsp3) is 1.00. The Morgan fingerprint density at radius 3 is 1.14 bits per heavy atom. The Labute approximate surface area is 67.4 Å². The monoisotopic (exact) mass is 156 g/mol. The van der Waals surface area contributed by atoms with Gasteiger partial charge in [-0.3, -0.25) is 0 Å². The van der Waals surface area contributed by atoms with Gasteiger partial charge in [-0.25, -0.2) is 0 Å². The summed E-state index contributed by atoms with van der Waals surface area (Å²) in [5, 5.41) is 9.53. The molecule has 0 heterocycles. The van der Waals surface area contributed by atoms with Crippen LogP contribution >= 0.6 is 0 Å². The van der Waals surface area contributed by atoms with Gasteiger partial charge in [0, 0.05) is 0 Å². The van der Waals surface area contributed by atoms with Crippen LogP contribution < -0.4 is 29.9 Å². The minimum absolute atomic E-state index is 0. The Bertz CT molecular complexity index is 17.7. The predicted octanol–water partition coefficient (Wildman–Crippen LogP) is -6.62. The van der Waals surface area contributed by atoms with E-state index >= 15 is 0 Å². The second-order valence-corrected chi connectivity index (χ2v) is 1.05. The molecule has 0 unspecified atom stereocenters. The largest absolute Gasteiger partial charge is 3.00 e. The molecule has 0 aromatic rings. The average molecular weight is 157 g/mol. The molecule has 0 aromatic carbocycles. The molecule has 42 valence electrons. The van der Waals surface area contributed by atoms with Crippen molar-refractivity contribution in [1.29, 1.82) is 0 Å². The minimum atomic E-state index is -0.417. The van der Waals surface area contributed by atoms with Gasteiger partial charge in [-0.05, 0) is 0 Å². The zero-order valence-corrected chi connectivity index (χ0v) is 6.99. The smallest absolute Gasteiger partial charge is 1.00 e. The van der Waals surface area contributed by atoms with E-state index in [1.165, 1.54) is 0 Å². The molecule has 4 heteroatoms. The zero-order chi connectivity index (χ0) is 3.58. The summed E-state index contributed by atoms with van der Waals surface area (Å²) in [4.78, 5) is 0. The maximum Gasteiger partial charge on any atom is 3.00 e. The van der Waals surface area contributed by atoms with Crippen molar-refractivity contribution in [1.82, 2.24) is 0 Å². The molecule has 0 aliphatic rings. The summed E-state index contributed by atoms with van der Waals surface area (Å²) in [5.41, 5.74) is 0. The molecule has 0 atom stereocenters. The van der Waals surface area contributed by atoms with Crippen LogP contribution in [0.25, 0.3) is 0 Å². The summed E-state index contributed by atoms with van der Waals surface area (Å²) in [6.07, 6.45) is -0.417. The van der Waals surface area contributed by atoms with Crippen molar-refractivity contribution >= 4 is 17.4 Å². The summed E-state index contributed by atoms with van der Waals surface area (Å²) in [6.45, 7) is 3.22. The molecule has 0 saturated heterocycles. The molecule has 0 amide bonds. The summed E-state index contributed by atoms with van der Waals surface area (Å²) in [7, 11) is 0. The van der Waals surface area contributed by atoms with Crippen LogP contribution in [0, 0.1) is 0 Å². The Morgan fingerprint density at radius 2 is 1.14 bits per heavy atom. The molecule has 0 aliphatic carbocycles. The summed E-state index contributed by atoms with van der Waals surface area (Å²) in [6, 6.07) is 0. The summed E-state index contributed by atoms with van der Waals surface area (Å²) < 4.78 is 0. The quantitative estimate of drug-likeness (QED) is 0.320. The standard InChI is InChI=1S/C3H7O.Al.2ClH/c1-3(2)4;;;/h3H,1-2H3;;2*1H/q-1;+3;;/p-2. The summed E-state index contributed by atoms with van der Waals surface area (Å²) in [5.74, 6) is 0. The third-order valence-corrected chi connectivity index (χ3v) is 0. The van der Waals surface area contributed by atoms with Crippen molar-refractivity contribution < 1.29 is 29.9 Å². The first-order chi connectivity index (χ1) is 1.73. The summed E-state index contributed by atoms with van der Waals surface area (Å²) >= 11 is 0. The van der Waals surface area contributed by atoms with Gasteiger partial charge in [-0.1, -0.05) is 13.8 Å². The molecule has 0 spiro atoms. The third-order valence-electron chi connectivity index (χ3n) is 0. The van der Waals surface area contributed by atoms with E-state index in [1.54, 1.807) is 13.8 Å². The number of halogens is 2. The van der Waals surface area contributed by atoms with Crippen LogP contribution in [0.5, 0.6) is 0 Å². The molecule has 0 N–H and O–H groups in total. The van der Waals surface area contributed by atoms with Gasteiger partial charge < -0.3 is 29.9 Å². The molecule has 0 rings (SSSR count). The van der Waals surface area contributed by atoms with Crippen molar-refractivity contribution in [3.8, 4) is 0 Å². The average Bonchev–Trinajstić information content (AvgIpc) is 0.811. The van der Waals surface area contributed by atoms with Crippen LogP contribution in [0.15, 0.2) is 0 Å². The number of hydrogen-bond acceptors (Lipinski definition) is 1. The number of hydrogen-bond donors (Lipinski definition) is 0. The van der Waals surface area contributed by atoms with E-state index < -0.39 is 6.10 Å². The predicted molar refractivity (Wildman–Crippen MR) is 20.9 cm³/mol. The Balaban J connectivity index is -0.0000000150. The zero-order valence-electron chi connectivity index (χ0n) is 4.32. The molecule has 0 fully saturated rings. The van der Waals surface area contributed by atoms with Gasteiger partial charge in [0.25, 0.3) is 0 Å². The minimum Gasteiger partial charge on any atom is -1.00 e. The second kappa shape index (κ2) is 15.7. The third kappa shape index (κ3) is 158. The van der Waals surface area contributed by atoms with Crippen molar-refractivity contribution in [3.63, 3.8) is 0 Å². The van der Waals surface area contributed by atoms with Crippen LogP contribution in [-0.4, -0.2) is 23.5 Å². The SMILES string of the molecule is CC(C)[O-].[Al+3].[Cl-].[Cl-]. The molecular weight excluding hydrogens is 150 g/mol. The van der Waals surface area contributed by atoms with Gasteiger partial charge >= 0.3 is 17.4 Å². The first-order valence-electron chi connectivity index (χ1n) is 1.39. The van der Waals surface area contributed by atoms with Crippen molar-refractivity contribution in [2.24, 2.45) is 0 Å². The topological polar surface area (TPSA) is 23.1 Å². The van der Waals surface area contributed by atoms with E-state index in [2.05, 4.69) is 0 Å². The fourth-order valence-electron chi connectivity index (χ4n) is 0. The van der Waals surface area contributed by atoms with E-state index in [4.69, 9.17) is 0 Å². The van der Waals surface area contributed by atoms with Crippen molar-refractivity contribution in [3.05, 3.63) is 0 Å². The van der Waals surface area contributed by atoms with Gasteiger partial charge in [0.1, 0.15) is 0 Å². The normalized spacial score (nSPS) is 5.14. The molecule has 0 bridgehead atoms. The van der Waals surface area contributed by atoms with E-state index in [9.17, 15) is 5.11 Å². The first-order valence-corrected chi connectivity index (χ1v) is 1.39. The maximum absolute atomic E-state index is 9.53. The van der Waals surface area contributed by atoms with Crippen molar-refractivity contribution in [2.45, 2.75) is 20.0 Å². The van der Waals surface area contributed by atoms with Gasteiger partial charge in [-0.15, -0.1) is 6.10 Å². The molecule has 0 saturated carbocycles. The van der Waals surface area contributed by atoms with Crippen LogP contribution in [0.3, 0.4) is 0 Å². The van der Waals surface area contributed by atoms with E-state index in [0.717, 1.165) is 0 Å². The van der Waals surface area contributed by atoms with Gasteiger partial charge in [0.05, 0.1) is 0 Å². The molecule has 1 nitrogen and oxygen atoms in total. The molecule has 0 aliphatic heterocycles. The molecule has 7 heavy (non-hydrogen) atoms. The van der Waals surface area contributed by atoms with Crippen LogP contribution in [0.1, 0.15) is 13.8 Å². The Kier molecular flexibility index (Phi) is 54.7. The molecular formula is C3H7AlCl2O. The molecule has 0 aromatic heterocycles. The van der Waals surface area contributed by atoms with Crippen LogP contribution in [-0.2, 0) is 0 Å². The van der Waals surface area contributed by atoms with Crippen LogP contribution in [0.2, 0.25) is 0 Å². The Hall–Kier alpha value is 1.07. The van der Waals surface area contributed by atoms with E-state index in [1.807, 2.05) is 0 Å². The Morgan fingerprint density at radius 1 is 1.14 bits per heavy atom. The molecule has 0 radical (unpaired) electrons. The number of rotatable bonds is 0. The van der Waals surface area contributed by atoms with E-state index in [-0.39, 0.29) is 42.2 Å².